The summed E-state index contributed by atoms with van der Waals surface area (Å²) in [6.45, 7) is 1.65. The standard InChI is InChI=1S/C19H14BrF2NO2/c1-11-5-6-12(7-16(11)22)9-23-17(25)8-13(10-24)18(20)14-3-2-4-15(21)19(14)23/h2-7,10H,8-9H2,1H3. The SMILES string of the molecule is Cc1ccc(CN2C(=O)CC(C=O)=C(Br)c3cccc(F)c32)cc1F. The van der Waals surface area contributed by atoms with Gasteiger partial charge in [-0.1, -0.05) is 24.3 Å². The number of carbonyl (C=O) groups is 2. The Bertz CT molecular complexity index is 908. The van der Waals surface area contributed by atoms with E-state index in [9.17, 15) is 18.4 Å². The molecule has 3 rings (SSSR count). The third-order valence-corrected chi connectivity index (χ3v) is 5.07. The number of hydrogen-bond donors (Lipinski definition) is 0. The van der Waals surface area contributed by atoms with Gasteiger partial charge in [0.05, 0.1) is 18.7 Å². The monoisotopic (exact) mass is 405 g/mol. The van der Waals surface area contributed by atoms with Gasteiger partial charge in [-0.05, 0) is 46.1 Å². The van der Waals surface area contributed by atoms with Gasteiger partial charge in [0.1, 0.15) is 17.9 Å². The van der Waals surface area contributed by atoms with Gasteiger partial charge in [-0.3, -0.25) is 9.59 Å². The van der Waals surface area contributed by atoms with Crippen molar-refractivity contribution in [3.05, 3.63) is 70.3 Å². The lowest BCUT2D eigenvalue weighted by molar-refractivity contribution is -0.118. The van der Waals surface area contributed by atoms with Gasteiger partial charge in [-0.25, -0.2) is 8.78 Å². The number of benzene rings is 2. The van der Waals surface area contributed by atoms with Crippen LogP contribution >= 0.6 is 15.9 Å². The maximum Gasteiger partial charge on any atom is 0.231 e. The fourth-order valence-corrected chi connectivity index (χ4v) is 3.33. The highest BCUT2D eigenvalue weighted by Gasteiger charge is 2.29. The lowest BCUT2D eigenvalue weighted by Crippen LogP contribution is -2.31. The van der Waals surface area contributed by atoms with Gasteiger partial charge < -0.3 is 4.90 Å². The molecule has 1 aliphatic rings. The predicted octanol–water partition coefficient (Wildman–Crippen LogP) is 4.52. The Hall–Kier alpha value is -2.34. The fraction of sp³-hybridized carbons (Fsp3) is 0.158. The van der Waals surface area contributed by atoms with Gasteiger partial charge in [0.15, 0.2) is 0 Å². The van der Waals surface area contributed by atoms with Crippen molar-refractivity contribution >= 4 is 38.3 Å². The minimum Gasteiger partial charge on any atom is -0.304 e. The second-order valence-corrected chi connectivity index (χ2v) is 6.63. The van der Waals surface area contributed by atoms with Crippen molar-refractivity contribution in [3.8, 4) is 0 Å². The van der Waals surface area contributed by atoms with Crippen LogP contribution in [0.5, 0.6) is 0 Å². The van der Waals surface area contributed by atoms with Crippen molar-refractivity contribution < 1.29 is 18.4 Å². The normalized spacial score (nSPS) is 14.4. The molecular formula is C19H14BrF2NO2. The van der Waals surface area contributed by atoms with Gasteiger partial charge in [0, 0.05) is 15.6 Å². The van der Waals surface area contributed by atoms with Gasteiger partial charge in [-0.15, -0.1) is 0 Å². The minimum atomic E-state index is -0.581. The number of carbonyl (C=O) groups excluding carboxylic acids is 2. The smallest absolute Gasteiger partial charge is 0.231 e. The molecule has 0 bridgehead atoms. The molecule has 0 saturated heterocycles. The summed E-state index contributed by atoms with van der Waals surface area (Å²) in [5.41, 5.74) is 1.77. The number of amides is 1. The summed E-state index contributed by atoms with van der Waals surface area (Å²) < 4.78 is 28.7. The first-order valence-electron chi connectivity index (χ1n) is 7.60. The van der Waals surface area contributed by atoms with E-state index in [4.69, 9.17) is 0 Å². The van der Waals surface area contributed by atoms with E-state index in [1.807, 2.05) is 0 Å². The van der Waals surface area contributed by atoms with E-state index >= 15 is 0 Å². The zero-order valence-corrected chi connectivity index (χ0v) is 14.9. The van der Waals surface area contributed by atoms with Crippen molar-refractivity contribution in [2.75, 3.05) is 4.90 Å². The van der Waals surface area contributed by atoms with Crippen LogP contribution < -0.4 is 4.90 Å². The van der Waals surface area contributed by atoms with Crippen LogP contribution in [0, 0.1) is 18.6 Å². The summed E-state index contributed by atoms with van der Waals surface area (Å²) in [7, 11) is 0. The van der Waals surface area contributed by atoms with Crippen molar-refractivity contribution in [1.29, 1.82) is 0 Å². The average Bonchev–Trinajstić information content (AvgIpc) is 2.69. The fourth-order valence-electron chi connectivity index (χ4n) is 2.78. The predicted molar refractivity (Wildman–Crippen MR) is 95.3 cm³/mol. The second kappa shape index (κ2) is 6.88. The van der Waals surface area contributed by atoms with Crippen LogP contribution in [-0.2, 0) is 16.1 Å². The highest BCUT2D eigenvalue weighted by Crippen LogP contribution is 2.39. The molecule has 1 heterocycles. The van der Waals surface area contributed by atoms with Crippen LogP contribution in [-0.4, -0.2) is 12.2 Å². The molecule has 0 saturated carbocycles. The molecular weight excluding hydrogens is 392 g/mol. The Morgan fingerprint density at radius 2 is 1.96 bits per heavy atom. The van der Waals surface area contributed by atoms with Crippen LogP contribution in [0.3, 0.4) is 0 Å². The Morgan fingerprint density at radius 1 is 1.20 bits per heavy atom. The van der Waals surface area contributed by atoms with Crippen molar-refractivity contribution in [3.63, 3.8) is 0 Å². The number of nitrogens with zero attached hydrogens (tertiary/aromatic N) is 1. The molecule has 6 heteroatoms. The lowest BCUT2D eigenvalue weighted by atomic mass is 10.1. The van der Waals surface area contributed by atoms with Gasteiger partial charge >= 0.3 is 0 Å². The van der Waals surface area contributed by atoms with Crippen LogP contribution in [0.1, 0.15) is 23.1 Å². The number of hydrogen-bond acceptors (Lipinski definition) is 2. The molecule has 0 spiro atoms. The number of aryl methyl sites for hydroxylation is 1. The van der Waals surface area contributed by atoms with Crippen molar-refractivity contribution in [2.45, 2.75) is 19.9 Å². The van der Waals surface area contributed by atoms with Crippen LogP contribution in [0.4, 0.5) is 14.5 Å². The summed E-state index contributed by atoms with van der Waals surface area (Å²) in [4.78, 5) is 25.2. The molecule has 0 fully saturated rings. The summed E-state index contributed by atoms with van der Waals surface area (Å²) in [5, 5.41) is 0. The molecule has 0 aliphatic carbocycles. The van der Waals surface area contributed by atoms with Gasteiger partial charge in [-0.2, -0.15) is 0 Å². The minimum absolute atomic E-state index is 0.0103. The van der Waals surface area contributed by atoms with Crippen LogP contribution in [0.25, 0.3) is 4.48 Å². The first-order chi connectivity index (χ1) is 11.9. The number of fused-ring (bicyclic) bond motifs is 1. The number of aldehydes is 1. The van der Waals surface area contributed by atoms with Crippen LogP contribution in [0.15, 0.2) is 42.0 Å². The summed E-state index contributed by atoms with van der Waals surface area (Å²) in [6, 6.07) is 9.03. The Balaban J connectivity index is 2.12. The maximum atomic E-state index is 14.5. The van der Waals surface area contributed by atoms with E-state index in [1.54, 1.807) is 25.1 Å². The molecule has 0 aromatic heterocycles. The molecule has 128 valence electrons. The number of anilines is 1. The lowest BCUT2D eigenvalue weighted by Gasteiger charge is -2.24. The zero-order valence-electron chi connectivity index (χ0n) is 13.4. The molecule has 1 amide bonds. The highest BCUT2D eigenvalue weighted by atomic mass is 79.9. The molecule has 2 aromatic carbocycles. The molecule has 2 aromatic rings. The first kappa shape index (κ1) is 17.5. The van der Waals surface area contributed by atoms with E-state index in [0.29, 0.717) is 27.5 Å². The number of rotatable bonds is 3. The summed E-state index contributed by atoms with van der Waals surface area (Å²) >= 11 is 3.30. The van der Waals surface area contributed by atoms with Gasteiger partial charge in [0.2, 0.25) is 5.91 Å². The third-order valence-electron chi connectivity index (χ3n) is 4.14. The molecule has 0 unspecified atom stereocenters. The quantitative estimate of drug-likeness (QED) is 0.704. The number of halogens is 3. The average molecular weight is 406 g/mol. The molecule has 1 aliphatic heterocycles. The third kappa shape index (κ3) is 3.26. The van der Waals surface area contributed by atoms with Crippen molar-refractivity contribution in [1.82, 2.24) is 0 Å². The van der Waals surface area contributed by atoms with E-state index in [1.165, 1.54) is 23.1 Å². The van der Waals surface area contributed by atoms with Gasteiger partial charge in [0.25, 0.3) is 0 Å². The van der Waals surface area contributed by atoms with E-state index in [0.717, 1.165) is 0 Å². The summed E-state index contributed by atoms with van der Waals surface area (Å²) in [6.07, 6.45) is 0.429. The van der Waals surface area contributed by atoms with E-state index < -0.39 is 11.7 Å². The molecule has 3 nitrogen and oxygen atoms in total. The molecule has 0 N–H and O–H groups in total. The zero-order chi connectivity index (χ0) is 18.1. The maximum absolute atomic E-state index is 14.5. The molecule has 0 atom stereocenters. The van der Waals surface area contributed by atoms with E-state index in [-0.39, 0.29) is 30.0 Å². The van der Waals surface area contributed by atoms with E-state index in [2.05, 4.69) is 15.9 Å². The van der Waals surface area contributed by atoms with Crippen LogP contribution in [0.2, 0.25) is 0 Å². The second-order valence-electron chi connectivity index (χ2n) is 5.83. The first-order valence-corrected chi connectivity index (χ1v) is 8.39. The largest absolute Gasteiger partial charge is 0.304 e. The molecule has 25 heavy (non-hydrogen) atoms. The molecule has 0 radical (unpaired) electrons. The Labute approximate surface area is 152 Å². The van der Waals surface area contributed by atoms with Crippen molar-refractivity contribution in [2.24, 2.45) is 0 Å². The summed E-state index contributed by atoms with van der Waals surface area (Å²) in [5.74, 6) is -1.40. The number of para-hydroxylation sites is 1. The Kier molecular flexibility index (Phi) is 4.81. The topological polar surface area (TPSA) is 37.4 Å². The Morgan fingerprint density at radius 3 is 2.64 bits per heavy atom. The highest BCUT2D eigenvalue weighted by molar-refractivity contribution is 9.15.